The highest BCUT2D eigenvalue weighted by molar-refractivity contribution is 7.99. The van der Waals surface area contributed by atoms with E-state index in [1.165, 1.54) is 11.8 Å². The standard InChI is InChI=1S/C25H21N3O3S2/c1-2-16-8-3-5-11-19(16)26-21(29)15-33-25-27-22-18-10-4-6-12-20(18)31-23(22)24(30)28(25)14-17-9-7-13-32-17/h3-13H,2,14-15H2,1H3,(H,26,29). The SMILES string of the molecule is CCc1ccccc1NC(=O)CSc1nc2c(oc3ccccc32)c(=O)n1Cc1cccs1. The van der Waals surface area contributed by atoms with Crippen LogP contribution in [-0.4, -0.2) is 21.2 Å². The van der Waals surface area contributed by atoms with Crippen molar-refractivity contribution in [1.82, 2.24) is 9.55 Å². The molecule has 0 aliphatic heterocycles. The maximum Gasteiger partial charge on any atom is 0.298 e. The number of fused-ring (bicyclic) bond motifs is 3. The van der Waals surface area contributed by atoms with Crippen LogP contribution in [0, 0.1) is 0 Å². The Hall–Kier alpha value is -3.36. The molecule has 0 spiro atoms. The van der Waals surface area contributed by atoms with Crippen LogP contribution >= 0.6 is 23.1 Å². The van der Waals surface area contributed by atoms with Gasteiger partial charge in [0.05, 0.1) is 12.3 Å². The van der Waals surface area contributed by atoms with Gasteiger partial charge in [-0.25, -0.2) is 4.98 Å². The van der Waals surface area contributed by atoms with Crippen LogP contribution < -0.4 is 10.9 Å². The van der Waals surface area contributed by atoms with E-state index >= 15 is 0 Å². The van der Waals surface area contributed by atoms with Gasteiger partial charge >= 0.3 is 0 Å². The summed E-state index contributed by atoms with van der Waals surface area (Å²) in [5.41, 5.74) is 3.02. The summed E-state index contributed by atoms with van der Waals surface area (Å²) in [6.07, 6.45) is 0.829. The molecule has 3 heterocycles. The molecule has 5 aromatic rings. The molecule has 0 aliphatic carbocycles. The minimum Gasteiger partial charge on any atom is -0.448 e. The second kappa shape index (κ2) is 9.25. The smallest absolute Gasteiger partial charge is 0.298 e. The van der Waals surface area contributed by atoms with Crippen molar-refractivity contribution in [3.8, 4) is 0 Å². The molecule has 0 bridgehead atoms. The number of aryl methyl sites for hydroxylation is 1. The van der Waals surface area contributed by atoms with Crippen LogP contribution in [0.1, 0.15) is 17.4 Å². The summed E-state index contributed by atoms with van der Waals surface area (Å²) in [5, 5.41) is 6.23. The molecular formula is C25H21N3O3S2. The van der Waals surface area contributed by atoms with Crippen LogP contribution in [-0.2, 0) is 17.8 Å². The lowest BCUT2D eigenvalue weighted by atomic mass is 10.1. The zero-order valence-electron chi connectivity index (χ0n) is 17.9. The summed E-state index contributed by atoms with van der Waals surface area (Å²) in [6.45, 7) is 2.43. The maximum atomic E-state index is 13.4. The number of thioether (sulfide) groups is 1. The van der Waals surface area contributed by atoms with Gasteiger partial charge in [-0.05, 0) is 41.6 Å². The number of carbonyl (C=O) groups is 1. The Bertz CT molecular complexity index is 1500. The molecule has 166 valence electrons. The van der Waals surface area contributed by atoms with Crippen molar-refractivity contribution >= 4 is 56.8 Å². The Labute approximate surface area is 198 Å². The second-order valence-corrected chi connectivity index (χ2v) is 9.46. The van der Waals surface area contributed by atoms with Gasteiger partial charge in [0.15, 0.2) is 5.16 Å². The molecule has 0 saturated carbocycles. The van der Waals surface area contributed by atoms with Crippen molar-refractivity contribution in [2.75, 3.05) is 11.1 Å². The number of furan rings is 1. The first-order valence-corrected chi connectivity index (χ1v) is 12.5. The monoisotopic (exact) mass is 475 g/mol. The van der Waals surface area contributed by atoms with Gasteiger partial charge in [0.25, 0.3) is 5.56 Å². The average molecular weight is 476 g/mol. The predicted molar refractivity (Wildman–Crippen MR) is 134 cm³/mol. The normalized spacial score (nSPS) is 11.3. The Morgan fingerprint density at radius 2 is 1.94 bits per heavy atom. The fourth-order valence-corrected chi connectivity index (χ4v) is 5.21. The molecule has 2 aromatic carbocycles. The number of rotatable bonds is 7. The molecule has 1 N–H and O–H groups in total. The number of nitrogens with zero attached hydrogens (tertiary/aromatic N) is 2. The van der Waals surface area contributed by atoms with E-state index in [-0.39, 0.29) is 22.8 Å². The third-order valence-electron chi connectivity index (χ3n) is 5.35. The van der Waals surface area contributed by atoms with E-state index in [0.29, 0.717) is 22.8 Å². The molecule has 1 amide bonds. The molecule has 0 atom stereocenters. The van der Waals surface area contributed by atoms with Crippen LogP contribution in [0.2, 0.25) is 0 Å². The Kier molecular flexibility index (Phi) is 6.02. The van der Waals surface area contributed by atoms with Gasteiger partial charge in [0.1, 0.15) is 11.1 Å². The first kappa shape index (κ1) is 21.5. The summed E-state index contributed by atoms with van der Waals surface area (Å²) in [5.74, 6) is -0.00841. The van der Waals surface area contributed by atoms with Gasteiger partial charge < -0.3 is 9.73 Å². The topological polar surface area (TPSA) is 77.1 Å². The van der Waals surface area contributed by atoms with Crippen molar-refractivity contribution in [3.05, 3.63) is 86.8 Å². The molecule has 5 rings (SSSR count). The molecule has 0 fully saturated rings. The van der Waals surface area contributed by atoms with Gasteiger partial charge in [-0.1, -0.05) is 55.1 Å². The number of hydrogen-bond donors (Lipinski definition) is 1. The quantitative estimate of drug-likeness (QED) is 0.247. The molecule has 3 aromatic heterocycles. The molecule has 8 heteroatoms. The summed E-state index contributed by atoms with van der Waals surface area (Å²) >= 11 is 2.82. The highest BCUT2D eigenvalue weighted by Gasteiger charge is 2.19. The van der Waals surface area contributed by atoms with Crippen LogP contribution in [0.25, 0.3) is 22.1 Å². The zero-order chi connectivity index (χ0) is 22.8. The number of aromatic nitrogens is 2. The van der Waals surface area contributed by atoms with E-state index < -0.39 is 0 Å². The lowest BCUT2D eigenvalue weighted by molar-refractivity contribution is -0.113. The average Bonchev–Trinajstić information content (AvgIpc) is 3.48. The molecule has 0 saturated heterocycles. The van der Waals surface area contributed by atoms with E-state index in [2.05, 4.69) is 12.2 Å². The van der Waals surface area contributed by atoms with E-state index in [1.807, 2.05) is 66.0 Å². The van der Waals surface area contributed by atoms with Crippen molar-refractivity contribution in [2.45, 2.75) is 25.0 Å². The van der Waals surface area contributed by atoms with Crippen LogP contribution in [0.15, 0.2) is 80.4 Å². The van der Waals surface area contributed by atoms with E-state index in [1.54, 1.807) is 15.9 Å². The van der Waals surface area contributed by atoms with Gasteiger partial charge in [0, 0.05) is 16.0 Å². The predicted octanol–water partition coefficient (Wildman–Crippen LogP) is 5.55. The van der Waals surface area contributed by atoms with Crippen molar-refractivity contribution in [2.24, 2.45) is 0 Å². The lowest BCUT2D eigenvalue weighted by Gasteiger charge is -2.12. The molecule has 33 heavy (non-hydrogen) atoms. The van der Waals surface area contributed by atoms with Crippen molar-refractivity contribution in [1.29, 1.82) is 0 Å². The first-order chi connectivity index (χ1) is 16.1. The number of thiophene rings is 1. The summed E-state index contributed by atoms with van der Waals surface area (Å²) < 4.78 is 7.44. The molecule has 0 radical (unpaired) electrons. The van der Waals surface area contributed by atoms with E-state index in [9.17, 15) is 9.59 Å². The fourth-order valence-electron chi connectivity index (χ4n) is 3.73. The van der Waals surface area contributed by atoms with Gasteiger partial charge in [0.2, 0.25) is 11.5 Å². The third kappa shape index (κ3) is 4.31. The van der Waals surface area contributed by atoms with Gasteiger partial charge in [-0.2, -0.15) is 0 Å². The molecule has 0 aliphatic rings. The van der Waals surface area contributed by atoms with Crippen molar-refractivity contribution < 1.29 is 9.21 Å². The summed E-state index contributed by atoms with van der Waals surface area (Å²) in [6, 6.07) is 19.2. The first-order valence-electron chi connectivity index (χ1n) is 10.6. The highest BCUT2D eigenvalue weighted by atomic mass is 32.2. The minimum atomic E-state index is -0.246. The Balaban J connectivity index is 1.49. The largest absolute Gasteiger partial charge is 0.448 e. The Morgan fingerprint density at radius 3 is 2.76 bits per heavy atom. The number of benzene rings is 2. The number of hydrogen-bond acceptors (Lipinski definition) is 6. The number of nitrogens with one attached hydrogen (secondary N) is 1. The highest BCUT2D eigenvalue weighted by Crippen LogP contribution is 2.28. The molecule has 6 nitrogen and oxygen atoms in total. The number of carbonyl (C=O) groups excluding carboxylic acids is 1. The van der Waals surface area contributed by atoms with Crippen LogP contribution in [0.5, 0.6) is 0 Å². The summed E-state index contributed by atoms with van der Waals surface area (Å²) in [7, 11) is 0. The Morgan fingerprint density at radius 1 is 1.12 bits per heavy atom. The van der Waals surface area contributed by atoms with Gasteiger partial charge in [-0.3, -0.25) is 14.2 Å². The minimum absolute atomic E-state index is 0.135. The second-order valence-electron chi connectivity index (χ2n) is 7.49. The number of amides is 1. The van der Waals surface area contributed by atoms with Crippen molar-refractivity contribution in [3.63, 3.8) is 0 Å². The number of para-hydroxylation sites is 2. The zero-order valence-corrected chi connectivity index (χ0v) is 19.5. The van der Waals surface area contributed by atoms with E-state index in [4.69, 9.17) is 9.40 Å². The molecule has 0 unspecified atom stereocenters. The molecular weight excluding hydrogens is 454 g/mol. The maximum absolute atomic E-state index is 13.4. The van der Waals surface area contributed by atoms with Gasteiger partial charge in [-0.15, -0.1) is 11.3 Å². The van der Waals surface area contributed by atoms with E-state index in [0.717, 1.165) is 27.9 Å². The summed E-state index contributed by atoms with van der Waals surface area (Å²) in [4.78, 5) is 31.9. The van der Waals surface area contributed by atoms with Crippen LogP contribution in [0.4, 0.5) is 5.69 Å². The van der Waals surface area contributed by atoms with Crippen LogP contribution in [0.3, 0.4) is 0 Å². The lowest BCUT2D eigenvalue weighted by Crippen LogP contribution is -2.24. The third-order valence-corrected chi connectivity index (χ3v) is 7.18. The number of anilines is 1. The fraction of sp³-hybridized carbons (Fsp3) is 0.160.